The van der Waals surface area contributed by atoms with Gasteiger partial charge in [-0.1, -0.05) is 29.7 Å². The summed E-state index contributed by atoms with van der Waals surface area (Å²) in [6, 6.07) is 7.71. The summed E-state index contributed by atoms with van der Waals surface area (Å²) in [5, 5.41) is 10.2. The first-order valence-electron chi connectivity index (χ1n) is 7.42. The molecule has 0 bridgehead atoms. The van der Waals surface area contributed by atoms with Crippen molar-refractivity contribution in [3.05, 3.63) is 62.5 Å². The third-order valence-electron chi connectivity index (χ3n) is 4.09. The van der Waals surface area contributed by atoms with Gasteiger partial charge in [-0.2, -0.15) is 0 Å². The van der Waals surface area contributed by atoms with Crippen LogP contribution in [0.2, 0.25) is 5.02 Å². The molecule has 4 nitrogen and oxygen atoms in total. The quantitative estimate of drug-likeness (QED) is 0.623. The lowest BCUT2D eigenvalue weighted by Gasteiger charge is -2.09. The van der Waals surface area contributed by atoms with Crippen LogP contribution in [-0.2, 0) is 6.54 Å². The molecule has 0 atom stereocenters. The van der Waals surface area contributed by atoms with Crippen molar-refractivity contribution in [2.45, 2.75) is 20.4 Å². The first-order chi connectivity index (χ1) is 11.6. The highest BCUT2D eigenvalue weighted by atomic mass is 35.5. The molecular weight excluding hydrogens is 340 g/mol. The Kier molecular flexibility index (Phi) is 3.52. The molecular formula is C18H13ClN4S. The first-order valence-corrected chi connectivity index (χ1v) is 8.61. The SMILES string of the molecule is C#Cc1sc2c(c1C)C(c1ccc(Cl)cc1)=NCc1nnc(C)n1-2. The van der Waals surface area contributed by atoms with Crippen LogP contribution >= 0.6 is 22.9 Å². The Morgan fingerprint density at radius 3 is 2.67 bits per heavy atom. The monoisotopic (exact) mass is 352 g/mol. The average molecular weight is 353 g/mol. The number of benzene rings is 1. The predicted molar refractivity (Wildman–Crippen MR) is 97.4 cm³/mol. The van der Waals surface area contributed by atoms with E-state index in [1.54, 1.807) is 11.3 Å². The third kappa shape index (κ3) is 2.19. The van der Waals surface area contributed by atoms with Gasteiger partial charge in [-0.15, -0.1) is 28.0 Å². The van der Waals surface area contributed by atoms with Gasteiger partial charge in [-0.3, -0.25) is 9.56 Å². The highest BCUT2D eigenvalue weighted by Crippen LogP contribution is 2.36. The highest BCUT2D eigenvalue weighted by molar-refractivity contribution is 7.15. The van der Waals surface area contributed by atoms with Crippen molar-refractivity contribution >= 4 is 28.6 Å². The standard InChI is InChI=1S/C18H13ClN4S/c1-4-14-10(2)16-17(12-5-7-13(19)8-6-12)20-9-15-22-21-11(3)23(15)18(16)24-14/h1,5-8H,9H2,2-3H3. The number of hydrogen-bond donors (Lipinski definition) is 0. The van der Waals surface area contributed by atoms with Gasteiger partial charge in [-0.25, -0.2) is 0 Å². The molecule has 0 spiro atoms. The number of rotatable bonds is 1. The maximum absolute atomic E-state index is 6.03. The van der Waals surface area contributed by atoms with Crippen molar-refractivity contribution < 1.29 is 0 Å². The van der Waals surface area contributed by atoms with Crippen molar-refractivity contribution in [3.8, 4) is 17.3 Å². The zero-order valence-electron chi connectivity index (χ0n) is 13.2. The van der Waals surface area contributed by atoms with Gasteiger partial charge in [-0.05, 0) is 31.5 Å². The molecule has 3 heterocycles. The fourth-order valence-electron chi connectivity index (χ4n) is 2.92. The minimum Gasteiger partial charge on any atom is -0.276 e. The van der Waals surface area contributed by atoms with Gasteiger partial charge in [0.1, 0.15) is 17.4 Å². The van der Waals surface area contributed by atoms with Crippen LogP contribution in [0.5, 0.6) is 0 Å². The molecule has 0 N–H and O–H groups in total. The van der Waals surface area contributed by atoms with E-state index in [9.17, 15) is 0 Å². The Hall–Kier alpha value is -2.42. The summed E-state index contributed by atoms with van der Waals surface area (Å²) >= 11 is 7.61. The molecule has 0 fully saturated rings. The Bertz CT molecular complexity index is 1020. The molecule has 0 unspecified atom stereocenters. The lowest BCUT2D eigenvalue weighted by molar-refractivity contribution is 0.869. The number of nitrogens with zero attached hydrogens (tertiary/aromatic N) is 4. The van der Waals surface area contributed by atoms with Crippen LogP contribution < -0.4 is 0 Å². The zero-order chi connectivity index (χ0) is 16.8. The molecule has 4 rings (SSSR count). The van der Waals surface area contributed by atoms with E-state index in [2.05, 4.69) is 20.7 Å². The normalized spacial score (nSPS) is 12.8. The van der Waals surface area contributed by atoms with Crippen molar-refractivity contribution in [1.29, 1.82) is 0 Å². The molecule has 1 aliphatic heterocycles. The summed E-state index contributed by atoms with van der Waals surface area (Å²) < 4.78 is 2.06. The van der Waals surface area contributed by atoms with Gasteiger partial charge in [0.25, 0.3) is 0 Å². The molecule has 0 amide bonds. The molecule has 24 heavy (non-hydrogen) atoms. The van der Waals surface area contributed by atoms with E-state index in [1.807, 2.05) is 38.1 Å². The lowest BCUT2D eigenvalue weighted by Crippen LogP contribution is -2.07. The lowest BCUT2D eigenvalue weighted by atomic mass is 10.00. The summed E-state index contributed by atoms with van der Waals surface area (Å²) in [7, 11) is 0. The first kappa shape index (κ1) is 15.1. The minimum absolute atomic E-state index is 0.477. The van der Waals surface area contributed by atoms with Crippen LogP contribution in [0.4, 0.5) is 0 Å². The molecule has 0 saturated heterocycles. The van der Waals surface area contributed by atoms with E-state index in [-0.39, 0.29) is 0 Å². The number of thiophene rings is 1. The van der Waals surface area contributed by atoms with E-state index in [0.29, 0.717) is 11.6 Å². The van der Waals surface area contributed by atoms with Crippen LogP contribution in [0.1, 0.15) is 33.2 Å². The number of halogens is 1. The van der Waals surface area contributed by atoms with Gasteiger partial charge in [0.05, 0.1) is 10.6 Å². The van der Waals surface area contributed by atoms with Crippen LogP contribution in [-0.4, -0.2) is 20.5 Å². The summed E-state index contributed by atoms with van der Waals surface area (Å²) in [6.07, 6.45) is 5.70. The van der Waals surface area contributed by atoms with Gasteiger partial charge in [0.15, 0.2) is 5.82 Å². The highest BCUT2D eigenvalue weighted by Gasteiger charge is 2.26. The van der Waals surface area contributed by atoms with Gasteiger partial charge in [0, 0.05) is 16.1 Å². The molecule has 2 aromatic heterocycles. The molecule has 0 saturated carbocycles. The van der Waals surface area contributed by atoms with Crippen molar-refractivity contribution in [2.75, 3.05) is 0 Å². The summed E-state index contributed by atoms with van der Waals surface area (Å²) in [4.78, 5) is 5.72. The molecule has 3 aromatic rings. The second kappa shape index (κ2) is 5.59. The van der Waals surface area contributed by atoms with Gasteiger partial charge in [0.2, 0.25) is 0 Å². The maximum Gasteiger partial charge on any atom is 0.160 e. The number of fused-ring (bicyclic) bond motifs is 3. The molecule has 1 aliphatic rings. The Balaban J connectivity index is 2.02. The number of aliphatic imine (C=N–C) groups is 1. The topological polar surface area (TPSA) is 43.1 Å². The smallest absolute Gasteiger partial charge is 0.160 e. The van der Waals surface area contributed by atoms with Gasteiger partial charge >= 0.3 is 0 Å². The number of aryl methyl sites for hydroxylation is 1. The third-order valence-corrected chi connectivity index (χ3v) is 5.55. The number of terminal acetylenes is 1. The van der Waals surface area contributed by atoms with Crippen LogP contribution in [0.25, 0.3) is 5.00 Å². The fourth-order valence-corrected chi connectivity index (χ4v) is 4.23. The second-order valence-electron chi connectivity index (χ2n) is 5.55. The molecule has 118 valence electrons. The number of hydrogen-bond acceptors (Lipinski definition) is 4. The maximum atomic E-state index is 6.03. The van der Waals surface area contributed by atoms with Crippen LogP contribution in [0.3, 0.4) is 0 Å². The predicted octanol–water partition coefficient (Wildman–Crippen LogP) is 3.93. The zero-order valence-corrected chi connectivity index (χ0v) is 14.7. The fraction of sp³-hybridized carbons (Fsp3) is 0.167. The summed E-state index contributed by atoms with van der Waals surface area (Å²) in [6.45, 7) is 4.46. The summed E-state index contributed by atoms with van der Waals surface area (Å²) in [5.41, 5.74) is 4.05. The average Bonchev–Trinajstić information content (AvgIpc) is 3.04. The van der Waals surface area contributed by atoms with Crippen molar-refractivity contribution in [3.63, 3.8) is 0 Å². The minimum atomic E-state index is 0.477. The van der Waals surface area contributed by atoms with E-state index < -0.39 is 0 Å². The molecule has 0 radical (unpaired) electrons. The van der Waals surface area contributed by atoms with E-state index in [4.69, 9.17) is 23.0 Å². The van der Waals surface area contributed by atoms with E-state index >= 15 is 0 Å². The second-order valence-corrected chi connectivity index (χ2v) is 6.99. The number of aromatic nitrogens is 3. The molecule has 1 aromatic carbocycles. The van der Waals surface area contributed by atoms with Gasteiger partial charge < -0.3 is 0 Å². The van der Waals surface area contributed by atoms with Crippen molar-refractivity contribution in [1.82, 2.24) is 14.8 Å². The Labute approximate surface area is 148 Å². The van der Waals surface area contributed by atoms with Crippen LogP contribution in [0, 0.1) is 26.2 Å². The Morgan fingerprint density at radius 2 is 1.96 bits per heavy atom. The van der Waals surface area contributed by atoms with Crippen molar-refractivity contribution in [2.24, 2.45) is 4.99 Å². The Morgan fingerprint density at radius 1 is 1.21 bits per heavy atom. The van der Waals surface area contributed by atoms with E-state index in [1.165, 1.54) is 0 Å². The summed E-state index contributed by atoms with van der Waals surface area (Å²) in [5.74, 6) is 4.44. The van der Waals surface area contributed by atoms with E-state index in [0.717, 1.165) is 43.9 Å². The molecule has 0 aliphatic carbocycles. The molecule has 6 heteroatoms. The largest absolute Gasteiger partial charge is 0.276 e. The van der Waals surface area contributed by atoms with Crippen LogP contribution in [0.15, 0.2) is 29.3 Å².